The molecule has 2 heterocycles. The third kappa shape index (κ3) is 6.09. The average molecular weight is 499 g/mol. The minimum absolute atomic E-state index is 0.140. The molecule has 0 radical (unpaired) electrons. The van der Waals surface area contributed by atoms with Gasteiger partial charge in [0.1, 0.15) is 10.8 Å². The fourth-order valence-electron chi connectivity index (χ4n) is 3.07. The van der Waals surface area contributed by atoms with E-state index in [1.165, 1.54) is 36.0 Å². The number of carbonyl (C=O) groups is 2. The second-order valence-electron chi connectivity index (χ2n) is 7.23. The van der Waals surface area contributed by atoms with E-state index in [9.17, 15) is 14.0 Å². The quantitative estimate of drug-likeness (QED) is 0.343. The van der Waals surface area contributed by atoms with Gasteiger partial charge in [0.15, 0.2) is 11.5 Å². The lowest BCUT2D eigenvalue weighted by Crippen LogP contribution is -2.26. The first-order valence-corrected chi connectivity index (χ1v) is 11.7. The number of thioether (sulfide) groups is 1. The molecule has 34 heavy (non-hydrogen) atoms. The number of nitrogens with zero attached hydrogens (tertiary/aromatic N) is 4. The number of aromatic nitrogens is 4. The average Bonchev–Trinajstić information content (AvgIpc) is 3.25. The predicted octanol–water partition coefficient (Wildman–Crippen LogP) is 3.30. The van der Waals surface area contributed by atoms with Crippen molar-refractivity contribution in [1.29, 1.82) is 0 Å². The van der Waals surface area contributed by atoms with Crippen molar-refractivity contribution in [3.63, 3.8) is 0 Å². The van der Waals surface area contributed by atoms with Gasteiger partial charge in [0.05, 0.1) is 5.75 Å². The normalized spacial score (nSPS) is 10.9. The van der Waals surface area contributed by atoms with E-state index in [0.29, 0.717) is 46.6 Å². The van der Waals surface area contributed by atoms with Gasteiger partial charge in [0, 0.05) is 30.1 Å². The van der Waals surface area contributed by atoms with Gasteiger partial charge in [-0.3, -0.25) is 9.59 Å². The fourth-order valence-corrected chi connectivity index (χ4v) is 3.95. The van der Waals surface area contributed by atoms with Gasteiger partial charge in [-0.25, -0.2) is 4.39 Å². The lowest BCUT2D eigenvalue weighted by molar-refractivity contribution is -0.118. The molecule has 2 aromatic carbocycles. The van der Waals surface area contributed by atoms with Crippen molar-refractivity contribution in [2.24, 2.45) is 0 Å². The summed E-state index contributed by atoms with van der Waals surface area (Å²) in [5, 5.41) is 19.6. The highest BCUT2D eigenvalue weighted by Gasteiger charge is 2.11. The highest BCUT2D eigenvalue weighted by atomic mass is 35.5. The van der Waals surface area contributed by atoms with Gasteiger partial charge in [-0.1, -0.05) is 41.6 Å². The van der Waals surface area contributed by atoms with E-state index in [2.05, 4.69) is 25.9 Å². The van der Waals surface area contributed by atoms with Crippen LogP contribution in [0.4, 0.5) is 4.39 Å². The molecule has 8 nitrogen and oxygen atoms in total. The van der Waals surface area contributed by atoms with Crippen molar-refractivity contribution in [3.05, 3.63) is 88.5 Å². The smallest absolute Gasteiger partial charge is 0.251 e. The maximum atomic E-state index is 13.0. The molecule has 2 aromatic heterocycles. The SMILES string of the molecule is O=C(CSc1ccc2nnc(CCNC(=O)c3ccc(F)cc3)n2n1)NCc1ccccc1Cl. The lowest BCUT2D eigenvalue weighted by Gasteiger charge is -2.07. The largest absolute Gasteiger partial charge is 0.352 e. The third-order valence-corrected chi connectivity index (χ3v) is 6.12. The molecule has 0 aliphatic heterocycles. The van der Waals surface area contributed by atoms with Crippen molar-refractivity contribution >= 4 is 40.8 Å². The second kappa shape index (κ2) is 11.1. The first kappa shape index (κ1) is 23.7. The highest BCUT2D eigenvalue weighted by Crippen LogP contribution is 2.17. The van der Waals surface area contributed by atoms with Gasteiger partial charge >= 0.3 is 0 Å². The molecule has 0 spiro atoms. The van der Waals surface area contributed by atoms with Crippen LogP contribution in [0.5, 0.6) is 0 Å². The Morgan fingerprint density at radius 3 is 2.59 bits per heavy atom. The summed E-state index contributed by atoms with van der Waals surface area (Å²) in [5.41, 5.74) is 1.78. The zero-order chi connectivity index (χ0) is 23.9. The van der Waals surface area contributed by atoms with Gasteiger partial charge < -0.3 is 10.6 Å². The Morgan fingerprint density at radius 2 is 1.79 bits per heavy atom. The molecule has 4 rings (SSSR count). The van der Waals surface area contributed by atoms with Crippen LogP contribution in [0, 0.1) is 5.82 Å². The van der Waals surface area contributed by atoms with E-state index in [4.69, 9.17) is 11.6 Å². The summed E-state index contributed by atoms with van der Waals surface area (Å²) < 4.78 is 14.6. The van der Waals surface area contributed by atoms with E-state index in [1.54, 1.807) is 22.7 Å². The van der Waals surface area contributed by atoms with E-state index in [1.807, 2.05) is 18.2 Å². The van der Waals surface area contributed by atoms with E-state index < -0.39 is 5.82 Å². The summed E-state index contributed by atoms with van der Waals surface area (Å²) in [4.78, 5) is 24.4. The molecule has 174 valence electrons. The molecular formula is C23H20ClFN6O2S. The van der Waals surface area contributed by atoms with Gasteiger partial charge in [0.2, 0.25) is 5.91 Å². The van der Waals surface area contributed by atoms with Gasteiger partial charge in [-0.2, -0.15) is 9.61 Å². The van der Waals surface area contributed by atoms with Crippen LogP contribution in [0.3, 0.4) is 0 Å². The van der Waals surface area contributed by atoms with Crippen molar-refractivity contribution in [2.45, 2.75) is 18.0 Å². The zero-order valence-corrected chi connectivity index (χ0v) is 19.4. The summed E-state index contributed by atoms with van der Waals surface area (Å²) in [6.45, 7) is 0.658. The molecule has 0 unspecified atom stereocenters. The molecule has 0 aliphatic carbocycles. The molecule has 2 amide bonds. The van der Waals surface area contributed by atoms with Crippen LogP contribution >= 0.6 is 23.4 Å². The number of rotatable bonds is 9. The summed E-state index contributed by atoms with van der Waals surface area (Å²) in [6, 6.07) is 16.2. The summed E-state index contributed by atoms with van der Waals surface area (Å²) in [7, 11) is 0. The molecular weight excluding hydrogens is 479 g/mol. The van der Waals surface area contributed by atoms with Crippen LogP contribution in [-0.4, -0.2) is 43.9 Å². The Kier molecular flexibility index (Phi) is 7.71. The summed E-state index contributed by atoms with van der Waals surface area (Å²) >= 11 is 7.40. The summed E-state index contributed by atoms with van der Waals surface area (Å²) in [5.74, 6) is -0.0850. The number of carbonyl (C=O) groups excluding carboxylic acids is 2. The molecule has 2 N–H and O–H groups in total. The topological polar surface area (TPSA) is 101 Å². The van der Waals surface area contributed by atoms with Crippen molar-refractivity contribution < 1.29 is 14.0 Å². The number of hydrogen-bond donors (Lipinski definition) is 2. The first-order chi connectivity index (χ1) is 16.5. The van der Waals surface area contributed by atoms with Crippen LogP contribution in [0.1, 0.15) is 21.7 Å². The predicted molar refractivity (Wildman–Crippen MR) is 127 cm³/mol. The number of amides is 2. The maximum Gasteiger partial charge on any atom is 0.251 e. The Balaban J connectivity index is 1.30. The zero-order valence-electron chi connectivity index (χ0n) is 17.9. The molecule has 0 fully saturated rings. The minimum Gasteiger partial charge on any atom is -0.352 e. The van der Waals surface area contributed by atoms with Crippen LogP contribution < -0.4 is 10.6 Å². The molecule has 0 bridgehead atoms. The maximum absolute atomic E-state index is 13.0. The van der Waals surface area contributed by atoms with Crippen LogP contribution in [0.15, 0.2) is 65.7 Å². The summed E-state index contributed by atoms with van der Waals surface area (Å²) in [6.07, 6.45) is 0.396. The van der Waals surface area contributed by atoms with Gasteiger partial charge in [-0.05, 0) is 48.0 Å². The van der Waals surface area contributed by atoms with Crippen molar-refractivity contribution in [3.8, 4) is 0 Å². The Labute approximate surface area is 203 Å². The lowest BCUT2D eigenvalue weighted by atomic mass is 10.2. The van der Waals surface area contributed by atoms with Crippen molar-refractivity contribution in [2.75, 3.05) is 12.3 Å². The van der Waals surface area contributed by atoms with Crippen molar-refractivity contribution in [1.82, 2.24) is 30.4 Å². The number of fused-ring (bicyclic) bond motifs is 1. The molecule has 11 heteroatoms. The standard InChI is InChI=1S/C23H20ClFN6O2S/c24-18-4-2-1-3-16(18)13-27-21(32)14-34-22-10-9-19-28-29-20(31(19)30-22)11-12-26-23(33)15-5-7-17(25)8-6-15/h1-10H,11-14H2,(H,26,33)(H,27,32). The van der Waals surface area contributed by atoms with E-state index in [0.717, 1.165) is 5.56 Å². The number of hydrogen-bond acceptors (Lipinski definition) is 6. The minimum atomic E-state index is -0.399. The first-order valence-electron chi connectivity index (χ1n) is 10.4. The van der Waals surface area contributed by atoms with E-state index >= 15 is 0 Å². The molecule has 0 saturated heterocycles. The molecule has 0 aliphatic rings. The second-order valence-corrected chi connectivity index (χ2v) is 8.63. The van der Waals surface area contributed by atoms with Crippen LogP contribution in [-0.2, 0) is 17.8 Å². The third-order valence-electron chi connectivity index (χ3n) is 4.83. The molecule has 0 atom stereocenters. The Bertz CT molecular complexity index is 1310. The van der Waals surface area contributed by atoms with Crippen LogP contribution in [0.25, 0.3) is 5.65 Å². The monoisotopic (exact) mass is 498 g/mol. The number of benzene rings is 2. The molecule has 4 aromatic rings. The highest BCUT2D eigenvalue weighted by molar-refractivity contribution is 7.99. The number of nitrogens with one attached hydrogen (secondary N) is 2. The Morgan fingerprint density at radius 1 is 1.00 bits per heavy atom. The van der Waals surface area contributed by atoms with Crippen LogP contribution in [0.2, 0.25) is 5.02 Å². The van der Waals surface area contributed by atoms with Gasteiger partial charge in [-0.15, -0.1) is 10.2 Å². The number of halogens is 2. The fraction of sp³-hybridized carbons (Fsp3) is 0.174. The molecule has 0 saturated carbocycles. The van der Waals surface area contributed by atoms with Gasteiger partial charge in [0.25, 0.3) is 5.91 Å². The van der Waals surface area contributed by atoms with E-state index in [-0.39, 0.29) is 17.6 Å². The Hall–Kier alpha value is -3.50.